The minimum Gasteiger partial charge on any atom is -0.481 e. The number of benzene rings is 1. The number of anilines is 2. The summed E-state index contributed by atoms with van der Waals surface area (Å²) in [6, 6.07) is 4.78. The van der Waals surface area contributed by atoms with Crippen LogP contribution in [0.15, 0.2) is 29.6 Å². The van der Waals surface area contributed by atoms with Gasteiger partial charge in [-0.15, -0.1) is 11.3 Å². The number of carboxylic acid groups (broad SMARTS) is 1. The van der Waals surface area contributed by atoms with Gasteiger partial charge < -0.3 is 10.4 Å². The van der Waals surface area contributed by atoms with Crippen molar-refractivity contribution in [1.29, 1.82) is 0 Å². The number of carbonyl (C=O) groups excluding carboxylic acids is 2. The van der Waals surface area contributed by atoms with E-state index < -0.39 is 29.6 Å². The van der Waals surface area contributed by atoms with Crippen molar-refractivity contribution >= 4 is 39.9 Å². The van der Waals surface area contributed by atoms with E-state index in [-0.39, 0.29) is 23.7 Å². The maximum absolute atomic E-state index is 13.2. The molecule has 1 fully saturated rings. The fourth-order valence-corrected chi connectivity index (χ4v) is 3.20. The molecule has 124 valence electrons. The standard InChI is InChI=1S/C15H12FN3O4S/c16-8-2-1-3-9(4-8)17-11-6-12(20)19(14(11)23)15-18-10(7-24-15)5-13(21)22/h1-4,7,11,17H,5-6H2,(H,21,22). The number of aliphatic carboxylic acids is 1. The number of halogens is 1. The van der Waals surface area contributed by atoms with Crippen molar-refractivity contribution in [2.75, 3.05) is 10.2 Å². The largest absolute Gasteiger partial charge is 0.481 e. The quantitative estimate of drug-likeness (QED) is 0.797. The molecule has 7 nitrogen and oxygen atoms in total. The first-order valence-corrected chi connectivity index (χ1v) is 7.87. The van der Waals surface area contributed by atoms with Gasteiger partial charge in [0.05, 0.1) is 18.5 Å². The lowest BCUT2D eigenvalue weighted by molar-refractivity contribution is -0.136. The smallest absolute Gasteiger partial charge is 0.309 e. The fourth-order valence-electron chi connectivity index (χ4n) is 2.36. The predicted octanol–water partition coefficient (Wildman–Crippen LogP) is 1.65. The van der Waals surface area contributed by atoms with Gasteiger partial charge in [-0.05, 0) is 18.2 Å². The first kappa shape index (κ1) is 16.1. The Labute approximate surface area is 139 Å². The van der Waals surface area contributed by atoms with E-state index in [9.17, 15) is 18.8 Å². The van der Waals surface area contributed by atoms with Crippen LogP contribution < -0.4 is 10.2 Å². The van der Waals surface area contributed by atoms with Crippen molar-refractivity contribution < 1.29 is 23.9 Å². The third-order valence-corrected chi connectivity index (χ3v) is 4.25. The molecule has 1 aliphatic heterocycles. The minimum absolute atomic E-state index is 0.0802. The Morgan fingerprint density at radius 3 is 2.96 bits per heavy atom. The van der Waals surface area contributed by atoms with E-state index in [4.69, 9.17) is 5.11 Å². The summed E-state index contributed by atoms with van der Waals surface area (Å²) in [4.78, 5) is 40.2. The number of amides is 2. The van der Waals surface area contributed by atoms with Crippen molar-refractivity contribution in [3.05, 3.63) is 41.2 Å². The van der Waals surface area contributed by atoms with Gasteiger partial charge in [-0.3, -0.25) is 14.4 Å². The van der Waals surface area contributed by atoms with Crippen molar-refractivity contribution in [2.45, 2.75) is 18.9 Å². The van der Waals surface area contributed by atoms with Crippen LogP contribution in [0.2, 0.25) is 0 Å². The van der Waals surface area contributed by atoms with E-state index in [2.05, 4.69) is 10.3 Å². The number of thiazole rings is 1. The van der Waals surface area contributed by atoms with E-state index in [1.807, 2.05) is 0 Å². The summed E-state index contributed by atoms with van der Waals surface area (Å²) < 4.78 is 13.2. The number of imide groups is 1. The SMILES string of the molecule is O=C(O)Cc1csc(N2C(=O)CC(Nc3cccc(F)c3)C2=O)n1. The topological polar surface area (TPSA) is 99.6 Å². The van der Waals surface area contributed by atoms with E-state index in [0.717, 1.165) is 16.2 Å². The number of carboxylic acids is 1. The van der Waals surface area contributed by atoms with Crippen LogP contribution in [0.3, 0.4) is 0 Å². The van der Waals surface area contributed by atoms with Crippen molar-refractivity contribution in [3.8, 4) is 0 Å². The second-order valence-corrected chi connectivity index (χ2v) is 6.01. The summed E-state index contributed by atoms with van der Waals surface area (Å²) in [5.41, 5.74) is 0.679. The Morgan fingerprint density at radius 2 is 2.25 bits per heavy atom. The number of aromatic nitrogens is 1. The number of rotatable bonds is 5. The van der Waals surface area contributed by atoms with Gasteiger partial charge in [0, 0.05) is 11.1 Å². The van der Waals surface area contributed by atoms with Gasteiger partial charge in [-0.25, -0.2) is 14.3 Å². The lowest BCUT2D eigenvalue weighted by Crippen LogP contribution is -2.34. The van der Waals surface area contributed by atoms with Crippen LogP contribution in [0, 0.1) is 5.82 Å². The Bertz CT molecular complexity index is 823. The molecule has 0 saturated carbocycles. The number of nitrogens with zero attached hydrogens (tertiary/aromatic N) is 2. The fraction of sp³-hybridized carbons (Fsp3) is 0.200. The third-order valence-electron chi connectivity index (χ3n) is 3.38. The van der Waals surface area contributed by atoms with Gasteiger partial charge in [-0.1, -0.05) is 6.07 Å². The average molecular weight is 349 g/mol. The first-order chi connectivity index (χ1) is 11.4. The van der Waals surface area contributed by atoms with E-state index in [1.54, 1.807) is 6.07 Å². The molecule has 1 atom stereocenters. The van der Waals surface area contributed by atoms with Gasteiger partial charge >= 0.3 is 5.97 Å². The number of nitrogens with one attached hydrogen (secondary N) is 1. The first-order valence-electron chi connectivity index (χ1n) is 6.99. The lowest BCUT2D eigenvalue weighted by Gasteiger charge is -2.13. The van der Waals surface area contributed by atoms with Crippen LogP contribution in [-0.2, 0) is 20.8 Å². The Balaban J connectivity index is 1.76. The monoisotopic (exact) mass is 349 g/mol. The summed E-state index contributed by atoms with van der Waals surface area (Å²) >= 11 is 1.03. The molecule has 2 aromatic rings. The van der Waals surface area contributed by atoms with Gasteiger partial charge in [0.1, 0.15) is 11.9 Å². The molecular weight excluding hydrogens is 337 g/mol. The van der Waals surface area contributed by atoms with E-state index >= 15 is 0 Å². The van der Waals surface area contributed by atoms with Crippen molar-refractivity contribution in [1.82, 2.24) is 4.98 Å². The van der Waals surface area contributed by atoms with E-state index in [1.165, 1.54) is 23.6 Å². The molecule has 1 saturated heterocycles. The minimum atomic E-state index is -1.04. The molecular formula is C15H12FN3O4S. The van der Waals surface area contributed by atoms with Crippen LogP contribution in [-0.4, -0.2) is 33.9 Å². The van der Waals surface area contributed by atoms with Crippen LogP contribution in [0.4, 0.5) is 15.2 Å². The van der Waals surface area contributed by atoms with Crippen LogP contribution >= 0.6 is 11.3 Å². The third kappa shape index (κ3) is 3.25. The molecule has 2 amide bonds. The predicted molar refractivity (Wildman–Crippen MR) is 84.4 cm³/mol. The summed E-state index contributed by atoms with van der Waals surface area (Å²) in [7, 11) is 0. The van der Waals surface area contributed by atoms with Crippen LogP contribution in [0.25, 0.3) is 0 Å². The Kier molecular flexibility index (Phi) is 4.26. The molecule has 9 heteroatoms. The van der Waals surface area contributed by atoms with Gasteiger partial charge in [0.2, 0.25) is 5.91 Å². The summed E-state index contributed by atoms with van der Waals surface area (Å²) in [5.74, 6) is -2.44. The second kappa shape index (κ2) is 6.36. The Morgan fingerprint density at radius 1 is 1.46 bits per heavy atom. The molecule has 0 aliphatic carbocycles. The average Bonchev–Trinajstić information content (AvgIpc) is 3.04. The highest BCUT2D eigenvalue weighted by Gasteiger charge is 2.41. The van der Waals surface area contributed by atoms with Crippen molar-refractivity contribution in [3.63, 3.8) is 0 Å². The lowest BCUT2D eigenvalue weighted by atomic mass is 10.2. The molecule has 2 heterocycles. The molecule has 0 bridgehead atoms. The molecule has 1 aromatic carbocycles. The molecule has 1 unspecified atom stereocenters. The zero-order chi connectivity index (χ0) is 17.3. The molecule has 0 radical (unpaired) electrons. The van der Waals surface area contributed by atoms with Gasteiger partial charge in [0.25, 0.3) is 5.91 Å². The van der Waals surface area contributed by atoms with E-state index in [0.29, 0.717) is 5.69 Å². The molecule has 3 rings (SSSR count). The van der Waals surface area contributed by atoms with Gasteiger partial charge in [0.15, 0.2) is 5.13 Å². The maximum Gasteiger partial charge on any atom is 0.309 e. The Hall–Kier alpha value is -2.81. The summed E-state index contributed by atoms with van der Waals surface area (Å²) in [6.45, 7) is 0. The van der Waals surface area contributed by atoms with Crippen LogP contribution in [0.5, 0.6) is 0 Å². The molecule has 24 heavy (non-hydrogen) atoms. The number of hydrogen-bond donors (Lipinski definition) is 2. The molecule has 2 N–H and O–H groups in total. The highest BCUT2D eigenvalue weighted by Crippen LogP contribution is 2.28. The maximum atomic E-state index is 13.2. The summed E-state index contributed by atoms with van der Waals surface area (Å²) in [5, 5.41) is 13.2. The highest BCUT2D eigenvalue weighted by atomic mass is 32.1. The number of carbonyl (C=O) groups is 3. The molecule has 1 aromatic heterocycles. The second-order valence-electron chi connectivity index (χ2n) is 5.17. The highest BCUT2D eigenvalue weighted by molar-refractivity contribution is 7.14. The molecule has 1 aliphatic rings. The van der Waals surface area contributed by atoms with Gasteiger partial charge in [-0.2, -0.15) is 0 Å². The number of hydrogen-bond acceptors (Lipinski definition) is 6. The zero-order valence-electron chi connectivity index (χ0n) is 12.2. The summed E-state index contributed by atoms with van der Waals surface area (Å²) in [6.07, 6.45) is -0.360. The normalized spacial score (nSPS) is 17.4. The zero-order valence-corrected chi connectivity index (χ0v) is 13.0. The van der Waals surface area contributed by atoms with Crippen molar-refractivity contribution in [2.24, 2.45) is 0 Å². The molecule has 0 spiro atoms. The van der Waals surface area contributed by atoms with Crippen LogP contribution in [0.1, 0.15) is 12.1 Å².